The minimum Gasteiger partial charge on any atom is -0.465 e. The number of hydrogen-bond donors (Lipinski definition) is 1. The van der Waals surface area contributed by atoms with Crippen LogP contribution in [0.2, 0.25) is 0 Å². The first kappa shape index (κ1) is 17.0. The lowest BCUT2D eigenvalue weighted by Crippen LogP contribution is -2.09. The van der Waals surface area contributed by atoms with Crippen LogP contribution in [-0.4, -0.2) is 25.8 Å². The van der Waals surface area contributed by atoms with E-state index in [9.17, 15) is 13.2 Å². The second-order valence-corrected chi connectivity index (χ2v) is 6.71. The molecular weight excluding hydrogens is 320 g/mol. The van der Waals surface area contributed by atoms with E-state index < -0.39 is 22.1 Å². The molecule has 0 aliphatic carbocycles. The van der Waals surface area contributed by atoms with Crippen molar-refractivity contribution in [1.29, 1.82) is 0 Å². The zero-order valence-corrected chi connectivity index (χ0v) is 13.4. The van der Waals surface area contributed by atoms with Gasteiger partial charge in [0.25, 0.3) is 0 Å². The maximum absolute atomic E-state index is 12.5. The van der Waals surface area contributed by atoms with Gasteiger partial charge in [-0.3, -0.25) is 4.79 Å². The number of hydrogen-bond acceptors (Lipinski definition) is 6. The van der Waals surface area contributed by atoms with Crippen LogP contribution in [-0.2, 0) is 14.6 Å². The first-order valence-electron chi connectivity index (χ1n) is 6.77. The first-order chi connectivity index (χ1) is 10.8. The highest BCUT2D eigenvalue weighted by atomic mass is 32.2. The fourth-order valence-electron chi connectivity index (χ4n) is 1.88. The van der Waals surface area contributed by atoms with Gasteiger partial charge in [-0.15, -0.1) is 0 Å². The van der Waals surface area contributed by atoms with Gasteiger partial charge >= 0.3 is 5.97 Å². The predicted octanol–water partition coefficient (Wildman–Crippen LogP) is 2.16. The van der Waals surface area contributed by atoms with Gasteiger partial charge in [-0.1, -0.05) is 0 Å². The SMILES string of the molecule is CC(=O)Oc1ccc(S(=O)(=O)c2ccc(OC(C)O)cc2)cc1. The molecule has 0 amide bonds. The van der Waals surface area contributed by atoms with Crippen molar-refractivity contribution >= 4 is 15.8 Å². The van der Waals surface area contributed by atoms with E-state index in [-0.39, 0.29) is 15.5 Å². The third kappa shape index (κ3) is 4.30. The molecule has 0 fully saturated rings. The average molecular weight is 336 g/mol. The van der Waals surface area contributed by atoms with Gasteiger partial charge in [0, 0.05) is 6.92 Å². The molecule has 122 valence electrons. The van der Waals surface area contributed by atoms with E-state index in [1.165, 1.54) is 62.4 Å². The lowest BCUT2D eigenvalue weighted by molar-refractivity contribution is -0.131. The lowest BCUT2D eigenvalue weighted by atomic mass is 10.3. The van der Waals surface area contributed by atoms with Crippen molar-refractivity contribution in [3.05, 3.63) is 48.5 Å². The molecule has 0 aromatic heterocycles. The van der Waals surface area contributed by atoms with Crippen LogP contribution < -0.4 is 9.47 Å². The quantitative estimate of drug-likeness (QED) is 0.511. The van der Waals surface area contributed by atoms with Gasteiger partial charge in [0.15, 0.2) is 6.29 Å². The summed E-state index contributed by atoms with van der Waals surface area (Å²) in [5, 5.41) is 9.13. The highest BCUT2D eigenvalue weighted by molar-refractivity contribution is 7.91. The molecule has 6 nitrogen and oxygen atoms in total. The number of rotatable bonds is 5. The standard InChI is InChI=1S/C16H16O6S/c1-11(17)21-13-3-7-15(8-4-13)23(19,20)16-9-5-14(6-10-16)22-12(2)18/h3-11,17H,1-2H3. The van der Waals surface area contributed by atoms with E-state index in [0.717, 1.165) is 0 Å². The summed E-state index contributed by atoms with van der Waals surface area (Å²) < 4.78 is 34.9. The Morgan fingerprint density at radius 2 is 1.39 bits per heavy atom. The fraction of sp³-hybridized carbons (Fsp3) is 0.188. The maximum atomic E-state index is 12.5. The summed E-state index contributed by atoms with van der Waals surface area (Å²) in [6.07, 6.45) is -0.980. The molecule has 7 heteroatoms. The Hall–Kier alpha value is -2.38. The molecule has 1 unspecified atom stereocenters. The molecule has 2 aromatic rings. The molecule has 2 rings (SSSR count). The topological polar surface area (TPSA) is 89.9 Å². The lowest BCUT2D eigenvalue weighted by Gasteiger charge is -2.10. The third-order valence-electron chi connectivity index (χ3n) is 2.84. The van der Waals surface area contributed by atoms with Gasteiger partial charge < -0.3 is 14.6 Å². The second-order valence-electron chi connectivity index (χ2n) is 4.76. The van der Waals surface area contributed by atoms with E-state index in [0.29, 0.717) is 5.75 Å². The molecule has 0 bridgehead atoms. The predicted molar refractivity (Wildman–Crippen MR) is 82.0 cm³/mol. The molecule has 2 aromatic carbocycles. The van der Waals surface area contributed by atoms with Crippen molar-refractivity contribution < 1.29 is 27.8 Å². The summed E-state index contributed by atoms with van der Waals surface area (Å²) in [7, 11) is -3.69. The maximum Gasteiger partial charge on any atom is 0.308 e. The Morgan fingerprint density at radius 1 is 0.957 bits per heavy atom. The number of benzene rings is 2. The number of carbonyl (C=O) groups excluding carboxylic acids is 1. The van der Waals surface area contributed by atoms with E-state index in [4.69, 9.17) is 14.6 Å². The minimum absolute atomic E-state index is 0.0811. The molecule has 0 aliphatic heterocycles. The summed E-state index contributed by atoms with van der Waals surface area (Å²) in [6, 6.07) is 11.3. The number of ether oxygens (including phenoxy) is 2. The molecule has 1 N–H and O–H groups in total. The van der Waals surface area contributed by atoms with Crippen molar-refractivity contribution in [2.75, 3.05) is 0 Å². The smallest absolute Gasteiger partial charge is 0.308 e. The monoisotopic (exact) mass is 336 g/mol. The van der Waals surface area contributed by atoms with Crippen molar-refractivity contribution in [3.8, 4) is 11.5 Å². The summed E-state index contributed by atoms with van der Waals surface area (Å²) in [6.45, 7) is 2.72. The van der Waals surface area contributed by atoms with Gasteiger partial charge in [0.05, 0.1) is 9.79 Å². The Bertz CT molecular complexity index is 776. The van der Waals surface area contributed by atoms with Crippen LogP contribution in [0.4, 0.5) is 0 Å². The minimum atomic E-state index is -3.69. The highest BCUT2D eigenvalue weighted by Crippen LogP contribution is 2.25. The molecule has 23 heavy (non-hydrogen) atoms. The van der Waals surface area contributed by atoms with Gasteiger partial charge in [-0.25, -0.2) is 8.42 Å². The Kier molecular flexibility index (Phi) is 5.02. The number of carbonyl (C=O) groups is 1. The van der Waals surface area contributed by atoms with Gasteiger partial charge in [0.1, 0.15) is 11.5 Å². The number of esters is 1. The third-order valence-corrected chi connectivity index (χ3v) is 4.62. The second kappa shape index (κ2) is 6.80. The zero-order valence-electron chi connectivity index (χ0n) is 12.6. The Morgan fingerprint density at radius 3 is 1.78 bits per heavy atom. The molecule has 1 atom stereocenters. The normalized spacial score (nSPS) is 12.5. The largest absolute Gasteiger partial charge is 0.465 e. The molecule has 0 saturated carbocycles. The van der Waals surface area contributed by atoms with Crippen LogP contribution in [0.15, 0.2) is 58.3 Å². The highest BCUT2D eigenvalue weighted by Gasteiger charge is 2.18. The summed E-state index contributed by atoms with van der Waals surface area (Å²) in [5.41, 5.74) is 0. The van der Waals surface area contributed by atoms with Crippen molar-refractivity contribution in [3.63, 3.8) is 0 Å². The first-order valence-corrected chi connectivity index (χ1v) is 8.26. The van der Waals surface area contributed by atoms with Gasteiger partial charge in [-0.2, -0.15) is 0 Å². The molecule has 0 aliphatic rings. The van der Waals surface area contributed by atoms with Crippen molar-refractivity contribution in [2.24, 2.45) is 0 Å². The molecule has 0 spiro atoms. The van der Waals surface area contributed by atoms with Crippen LogP contribution in [0.1, 0.15) is 13.8 Å². The molecule has 0 heterocycles. The van der Waals surface area contributed by atoms with E-state index in [2.05, 4.69) is 0 Å². The summed E-state index contributed by atoms with van der Waals surface area (Å²) in [5.74, 6) is 0.163. The van der Waals surface area contributed by atoms with Crippen LogP contribution in [0.5, 0.6) is 11.5 Å². The van der Waals surface area contributed by atoms with E-state index in [1.807, 2.05) is 0 Å². The van der Waals surface area contributed by atoms with Crippen LogP contribution >= 0.6 is 0 Å². The van der Waals surface area contributed by atoms with E-state index in [1.54, 1.807) is 0 Å². The fourth-order valence-corrected chi connectivity index (χ4v) is 3.14. The van der Waals surface area contributed by atoms with Crippen molar-refractivity contribution in [1.82, 2.24) is 0 Å². The number of aliphatic hydroxyl groups is 1. The average Bonchev–Trinajstić information content (AvgIpc) is 2.47. The summed E-state index contributed by atoms with van der Waals surface area (Å²) in [4.78, 5) is 11.0. The van der Waals surface area contributed by atoms with Crippen LogP contribution in [0.25, 0.3) is 0 Å². The molecule has 0 saturated heterocycles. The van der Waals surface area contributed by atoms with E-state index >= 15 is 0 Å². The zero-order chi connectivity index (χ0) is 17.0. The summed E-state index contributed by atoms with van der Waals surface area (Å²) >= 11 is 0. The van der Waals surface area contributed by atoms with Gasteiger partial charge in [-0.05, 0) is 55.5 Å². The Balaban J connectivity index is 2.25. The Labute approximate surface area is 134 Å². The molecule has 0 radical (unpaired) electrons. The van der Waals surface area contributed by atoms with Crippen LogP contribution in [0.3, 0.4) is 0 Å². The van der Waals surface area contributed by atoms with Gasteiger partial charge in [0.2, 0.25) is 9.84 Å². The van der Waals surface area contributed by atoms with Crippen molar-refractivity contribution in [2.45, 2.75) is 29.9 Å². The number of sulfone groups is 1. The number of aliphatic hydroxyl groups excluding tert-OH is 1. The van der Waals surface area contributed by atoms with Crippen LogP contribution in [0, 0.1) is 0 Å². The molecular formula is C16H16O6S.